The first-order chi connectivity index (χ1) is 7.20. The number of amides is 1. The van der Waals surface area contributed by atoms with Gasteiger partial charge in [0.2, 0.25) is 0 Å². The third kappa shape index (κ3) is 3.12. The zero-order chi connectivity index (χ0) is 12.5. The second-order valence-corrected chi connectivity index (χ2v) is 5.33. The third-order valence-corrected chi connectivity index (χ3v) is 2.42. The molecule has 0 aromatic carbocycles. The number of carbonyl (C=O) groups is 2. The van der Waals surface area contributed by atoms with Gasteiger partial charge in [-0.2, -0.15) is 0 Å². The summed E-state index contributed by atoms with van der Waals surface area (Å²) in [6.07, 6.45) is -0.0431. The van der Waals surface area contributed by atoms with Gasteiger partial charge in [0.05, 0.1) is 0 Å². The summed E-state index contributed by atoms with van der Waals surface area (Å²) >= 11 is 0. The van der Waals surface area contributed by atoms with Crippen LogP contribution in [0, 0.1) is 5.92 Å². The summed E-state index contributed by atoms with van der Waals surface area (Å²) in [4.78, 5) is 24.0. The van der Waals surface area contributed by atoms with Crippen molar-refractivity contribution in [1.82, 2.24) is 4.90 Å². The zero-order valence-electron chi connectivity index (χ0n) is 10.2. The molecular weight excluding hydrogens is 210 g/mol. The molecule has 1 aliphatic rings. The second kappa shape index (κ2) is 4.31. The highest BCUT2D eigenvalue weighted by molar-refractivity contribution is 5.80. The Hall–Kier alpha value is -1.26. The van der Waals surface area contributed by atoms with E-state index in [0.29, 0.717) is 13.0 Å². The number of carbonyl (C=O) groups excluding carboxylic acids is 1. The highest BCUT2D eigenvalue weighted by atomic mass is 16.6. The topological polar surface area (TPSA) is 66.8 Å². The number of hydrogen-bond donors (Lipinski definition) is 1. The molecule has 1 unspecified atom stereocenters. The van der Waals surface area contributed by atoms with Crippen molar-refractivity contribution < 1.29 is 19.4 Å². The van der Waals surface area contributed by atoms with E-state index < -0.39 is 23.7 Å². The lowest BCUT2D eigenvalue weighted by molar-refractivity contribution is -0.142. The molecule has 1 saturated heterocycles. The van der Waals surface area contributed by atoms with Crippen molar-refractivity contribution in [2.75, 3.05) is 6.54 Å². The Morgan fingerprint density at radius 2 is 1.94 bits per heavy atom. The number of ether oxygens (including phenoxy) is 1. The molecule has 1 heterocycles. The summed E-state index contributed by atoms with van der Waals surface area (Å²) in [5.74, 6) is -0.760. The molecule has 0 aromatic rings. The molecule has 1 rings (SSSR count). The van der Waals surface area contributed by atoms with Gasteiger partial charge in [0.1, 0.15) is 11.6 Å². The quantitative estimate of drug-likeness (QED) is 0.743. The average molecular weight is 229 g/mol. The number of carboxylic acids is 1. The van der Waals surface area contributed by atoms with Crippen molar-refractivity contribution in [3.63, 3.8) is 0 Å². The van der Waals surface area contributed by atoms with E-state index in [4.69, 9.17) is 9.84 Å². The van der Waals surface area contributed by atoms with Gasteiger partial charge >= 0.3 is 12.1 Å². The van der Waals surface area contributed by atoms with Crippen molar-refractivity contribution >= 4 is 12.1 Å². The fourth-order valence-corrected chi connectivity index (χ4v) is 1.80. The number of nitrogens with zero attached hydrogens (tertiary/aromatic N) is 1. The van der Waals surface area contributed by atoms with Crippen molar-refractivity contribution in [3.8, 4) is 0 Å². The Labute approximate surface area is 95.4 Å². The van der Waals surface area contributed by atoms with E-state index in [1.807, 2.05) is 6.92 Å². The number of hydrogen-bond acceptors (Lipinski definition) is 3. The van der Waals surface area contributed by atoms with E-state index in [-0.39, 0.29) is 5.92 Å². The number of likely N-dealkylation sites (tertiary alicyclic amines) is 1. The van der Waals surface area contributed by atoms with E-state index in [1.54, 1.807) is 20.8 Å². The lowest BCUT2D eigenvalue weighted by Crippen LogP contribution is -2.43. The molecule has 2 atom stereocenters. The molecule has 5 nitrogen and oxygen atoms in total. The van der Waals surface area contributed by atoms with E-state index >= 15 is 0 Å². The van der Waals surface area contributed by atoms with Crippen molar-refractivity contribution in [3.05, 3.63) is 0 Å². The smallest absolute Gasteiger partial charge is 0.411 e. The van der Waals surface area contributed by atoms with Crippen LogP contribution in [0.15, 0.2) is 0 Å². The molecule has 16 heavy (non-hydrogen) atoms. The molecule has 0 bridgehead atoms. The molecule has 92 valence electrons. The van der Waals surface area contributed by atoms with Crippen LogP contribution in [0.2, 0.25) is 0 Å². The van der Waals surface area contributed by atoms with Crippen LogP contribution in [-0.4, -0.2) is 40.3 Å². The third-order valence-electron chi connectivity index (χ3n) is 2.42. The van der Waals surface area contributed by atoms with Crippen molar-refractivity contribution in [2.24, 2.45) is 5.92 Å². The summed E-state index contributed by atoms with van der Waals surface area (Å²) in [5.41, 5.74) is -0.591. The molecule has 1 amide bonds. The van der Waals surface area contributed by atoms with E-state index in [0.717, 1.165) is 0 Å². The largest absolute Gasteiger partial charge is 0.480 e. The highest BCUT2D eigenvalue weighted by Crippen LogP contribution is 2.25. The van der Waals surface area contributed by atoms with Gasteiger partial charge in [0.15, 0.2) is 0 Å². The van der Waals surface area contributed by atoms with Gasteiger partial charge in [-0.1, -0.05) is 6.92 Å². The minimum atomic E-state index is -0.963. The molecule has 5 heteroatoms. The van der Waals surface area contributed by atoms with Gasteiger partial charge in [0.25, 0.3) is 0 Å². The number of aliphatic carboxylic acids is 1. The number of carboxylic acid groups (broad SMARTS) is 1. The van der Waals surface area contributed by atoms with Gasteiger partial charge in [-0.25, -0.2) is 9.59 Å². The summed E-state index contributed by atoms with van der Waals surface area (Å²) in [7, 11) is 0. The van der Waals surface area contributed by atoms with E-state index in [9.17, 15) is 9.59 Å². The fourth-order valence-electron chi connectivity index (χ4n) is 1.80. The minimum Gasteiger partial charge on any atom is -0.480 e. The summed E-state index contributed by atoms with van der Waals surface area (Å²) in [5, 5.41) is 9.00. The Kier molecular flexibility index (Phi) is 3.45. The first kappa shape index (κ1) is 12.8. The van der Waals surface area contributed by atoms with Crippen molar-refractivity contribution in [1.29, 1.82) is 0 Å². The van der Waals surface area contributed by atoms with Gasteiger partial charge in [-0.15, -0.1) is 0 Å². The molecule has 0 radical (unpaired) electrons. The van der Waals surface area contributed by atoms with Crippen LogP contribution in [0.3, 0.4) is 0 Å². The van der Waals surface area contributed by atoms with Gasteiger partial charge in [0, 0.05) is 6.54 Å². The molecule has 1 N–H and O–H groups in total. The predicted molar refractivity (Wildman–Crippen MR) is 58.1 cm³/mol. The Balaban J connectivity index is 2.71. The molecule has 0 spiro atoms. The fraction of sp³-hybridized carbons (Fsp3) is 0.818. The maximum Gasteiger partial charge on any atom is 0.411 e. The van der Waals surface area contributed by atoms with Crippen LogP contribution >= 0.6 is 0 Å². The summed E-state index contributed by atoms with van der Waals surface area (Å²) in [6, 6.07) is -0.746. The molecule has 1 fully saturated rings. The normalized spacial score (nSPS) is 25.6. The number of rotatable bonds is 1. The first-order valence-electron chi connectivity index (χ1n) is 5.43. The van der Waals surface area contributed by atoms with Gasteiger partial charge < -0.3 is 9.84 Å². The summed E-state index contributed by atoms with van der Waals surface area (Å²) in [6.45, 7) is 7.67. The van der Waals surface area contributed by atoms with Crippen LogP contribution in [0.1, 0.15) is 34.1 Å². The average Bonchev–Trinajstić information content (AvgIpc) is 2.44. The van der Waals surface area contributed by atoms with Crippen LogP contribution < -0.4 is 0 Å². The lowest BCUT2D eigenvalue weighted by Gasteiger charge is -2.26. The Bertz CT molecular complexity index is 295. The van der Waals surface area contributed by atoms with E-state index in [1.165, 1.54) is 4.90 Å². The monoisotopic (exact) mass is 229 g/mol. The van der Waals surface area contributed by atoms with Crippen LogP contribution in [-0.2, 0) is 9.53 Å². The maximum absolute atomic E-state index is 11.8. The molecule has 0 aromatic heterocycles. The van der Waals surface area contributed by atoms with Gasteiger partial charge in [-0.05, 0) is 33.1 Å². The standard InChI is InChI=1S/C11H19NO4/c1-7-5-8(9(13)14)12(6-7)10(15)16-11(2,3)4/h7-8H,5-6H2,1-4H3,(H,13,14)/t7?,8-/m1/s1. The predicted octanol–water partition coefficient (Wildman–Crippen LogP) is 1.72. The van der Waals surface area contributed by atoms with Crippen LogP contribution in [0.5, 0.6) is 0 Å². The van der Waals surface area contributed by atoms with E-state index in [2.05, 4.69) is 0 Å². The molecule has 0 aliphatic carbocycles. The molecular formula is C11H19NO4. The minimum absolute atomic E-state index is 0.202. The highest BCUT2D eigenvalue weighted by Gasteiger charge is 2.39. The van der Waals surface area contributed by atoms with Gasteiger partial charge in [-0.3, -0.25) is 4.90 Å². The first-order valence-corrected chi connectivity index (χ1v) is 5.43. The zero-order valence-corrected chi connectivity index (χ0v) is 10.2. The SMILES string of the molecule is CC1C[C@H](C(=O)O)N(C(=O)OC(C)(C)C)C1. The molecule has 1 aliphatic heterocycles. The Morgan fingerprint density at radius 1 is 1.38 bits per heavy atom. The second-order valence-electron chi connectivity index (χ2n) is 5.33. The van der Waals surface area contributed by atoms with Crippen LogP contribution in [0.25, 0.3) is 0 Å². The molecule has 0 saturated carbocycles. The Morgan fingerprint density at radius 3 is 2.38 bits per heavy atom. The lowest BCUT2D eigenvalue weighted by atomic mass is 10.1. The van der Waals surface area contributed by atoms with Crippen LogP contribution in [0.4, 0.5) is 4.79 Å². The maximum atomic E-state index is 11.8. The summed E-state index contributed by atoms with van der Waals surface area (Å²) < 4.78 is 5.17. The van der Waals surface area contributed by atoms with Crippen molar-refractivity contribution in [2.45, 2.75) is 45.8 Å².